The van der Waals surface area contributed by atoms with Crippen LogP contribution in [-0.2, 0) is 0 Å². The van der Waals surface area contributed by atoms with E-state index in [-0.39, 0.29) is 0 Å². The van der Waals surface area contributed by atoms with Gasteiger partial charge in [-0.25, -0.2) is 0 Å². The fraction of sp³-hybridized carbons (Fsp3) is 0. The van der Waals surface area contributed by atoms with E-state index in [1.54, 1.807) is 0 Å². The van der Waals surface area contributed by atoms with Crippen molar-refractivity contribution in [3.8, 4) is 17.3 Å². The summed E-state index contributed by atoms with van der Waals surface area (Å²) in [5.74, 6) is 0. The molecule has 1 N–H and O–H groups in total. The predicted octanol–water partition coefficient (Wildman–Crippen LogP) is 4.37. The maximum Gasteiger partial charge on any atom is 0.0912 e. The number of benzene rings is 2. The van der Waals surface area contributed by atoms with Crippen LogP contribution in [0.2, 0.25) is 0 Å². The van der Waals surface area contributed by atoms with Gasteiger partial charge in [0.25, 0.3) is 0 Å². The zero-order valence-corrected chi connectivity index (χ0v) is 10.3. The smallest absolute Gasteiger partial charge is 0.0912 e. The quantitative estimate of drug-likeness (QED) is 0.668. The Morgan fingerprint density at radius 3 is 2.47 bits per heavy atom. The van der Waals surface area contributed by atoms with Crippen molar-refractivity contribution in [1.82, 2.24) is 4.98 Å². The average molecular weight is 244 g/mol. The molecule has 3 rings (SSSR count). The van der Waals surface area contributed by atoms with E-state index in [9.17, 15) is 0 Å². The van der Waals surface area contributed by atoms with Crippen LogP contribution in [0.5, 0.6) is 0 Å². The minimum absolute atomic E-state index is 1.05. The molecule has 0 fully saturated rings. The lowest BCUT2D eigenvalue weighted by molar-refractivity contribution is 1.45. The molecule has 1 aromatic heterocycles. The van der Waals surface area contributed by atoms with Crippen LogP contribution in [0.3, 0.4) is 0 Å². The van der Waals surface area contributed by atoms with E-state index in [2.05, 4.69) is 29.3 Å². The summed E-state index contributed by atoms with van der Waals surface area (Å²) in [6.07, 6.45) is 3.38. The number of H-pyrrole nitrogens is 1. The molecule has 0 atom stereocenters. The molecular formula is C17H12N2. The Bertz CT molecular complexity index is 774. The number of allylic oxidation sites excluding steroid dienone is 1. The highest BCUT2D eigenvalue weighted by Gasteiger charge is 2.09. The molecule has 19 heavy (non-hydrogen) atoms. The highest BCUT2D eigenvalue weighted by molar-refractivity contribution is 5.96. The first-order chi connectivity index (χ1) is 9.40. The molecule has 0 spiro atoms. The third-order valence-corrected chi connectivity index (χ3v) is 3.13. The van der Waals surface area contributed by atoms with Gasteiger partial charge in [-0.2, -0.15) is 5.26 Å². The average Bonchev–Trinajstić information content (AvgIpc) is 2.85. The van der Waals surface area contributed by atoms with Gasteiger partial charge in [0.15, 0.2) is 0 Å². The van der Waals surface area contributed by atoms with Crippen LogP contribution in [0.4, 0.5) is 0 Å². The van der Waals surface area contributed by atoms with Crippen molar-refractivity contribution in [3.05, 3.63) is 66.2 Å². The third kappa shape index (κ3) is 2.02. The predicted molar refractivity (Wildman–Crippen MR) is 78.4 cm³/mol. The van der Waals surface area contributed by atoms with Crippen molar-refractivity contribution in [2.24, 2.45) is 0 Å². The van der Waals surface area contributed by atoms with Crippen molar-refractivity contribution in [3.63, 3.8) is 0 Å². The summed E-state index contributed by atoms with van der Waals surface area (Å²) >= 11 is 0. The van der Waals surface area contributed by atoms with E-state index in [1.165, 1.54) is 6.08 Å². The zero-order chi connectivity index (χ0) is 13.1. The summed E-state index contributed by atoms with van der Waals surface area (Å²) in [4.78, 5) is 3.43. The second-order valence-electron chi connectivity index (χ2n) is 4.29. The molecule has 0 bridgehead atoms. The summed E-state index contributed by atoms with van der Waals surface area (Å²) in [7, 11) is 0. The number of hydrogen-bond acceptors (Lipinski definition) is 1. The SMILES string of the molecule is N#CC=Cc1c(-c2ccccc2)[nH]c2ccccc12. The fourth-order valence-electron chi connectivity index (χ4n) is 2.29. The molecule has 2 aromatic carbocycles. The van der Waals surface area contributed by atoms with Crippen LogP contribution < -0.4 is 0 Å². The minimum Gasteiger partial charge on any atom is -0.354 e. The maximum absolute atomic E-state index is 8.75. The van der Waals surface area contributed by atoms with Crippen LogP contribution in [0.1, 0.15) is 5.56 Å². The molecule has 0 unspecified atom stereocenters. The third-order valence-electron chi connectivity index (χ3n) is 3.13. The van der Waals surface area contributed by atoms with Crippen molar-refractivity contribution >= 4 is 17.0 Å². The Morgan fingerprint density at radius 2 is 1.68 bits per heavy atom. The van der Waals surface area contributed by atoms with E-state index in [1.807, 2.05) is 42.5 Å². The van der Waals surface area contributed by atoms with Gasteiger partial charge >= 0.3 is 0 Å². The normalized spacial score (nSPS) is 10.9. The molecule has 2 heteroatoms. The van der Waals surface area contributed by atoms with Crippen molar-refractivity contribution < 1.29 is 0 Å². The summed E-state index contributed by atoms with van der Waals surface area (Å²) in [5.41, 5.74) is 4.31. The molecule has 2 nitrogen and oxygen atoms in total. The van der Waals surface area contributed by atoms with Gasteiger partial charge in [0, 0.05) is 22.5 Å². The summed E-state index contributed by atoms with van der Waals surface area (Å²) in [6.45, 7) is 0. The number of para-hydroxylation sites is 1. The first-order valence-electron chi connectivity index (χ1n) is 6.12. The first kappa shape index (κ1) is 11.3. The Kier molecular flexibility index (Phi) is 2.88. The second-order valence-corrected chi connectivity index (χ2v) is 4.29. The van der Waals surface area contributed by atoms with E-state index < -0.39 is 0 Å². The van der Waals surface area contributed by atoms with Crippen molar-refractivity contribution in [2.45, 2.75) is 0 Å². The Labute approximate surface area is 111 Å². The lowest BCUT2D eigenvalue weighted by Crippen LogP contribution is -1.79. The molecule has 0 saturated heterocycles. The number of hydrogen-bond donors (Lipinski definition) is 1. The number of nitrogens with zero attached hydrogens (tertiary/aromatic N) is 1. The fourth-order valence-corrected chi connectivity index (χ4v) is 2.29. The zero-order valence-electron chi connectivity index (χ0n) is 10.3. The summed E-state index contributed by atoms with van der Waals surface area (Å²) in [6, 6.07) is 20.3. The van der Waals surface area contributed by atoms with Gasteiger partial charge in [-0.1, -0.05) is 48.5 Å². The Morgan fingerprint density at radius 1 is 0.947 bits per heavy atom. The van der Waals surface area contributed by atoms with Crippen LogP contribution in [0.15, 0.2) is 60.7 Å². The first-order valence-corrected chi connectivity index (χ1v) is 6.12. The molecule has 0 aliphatic heterocycles. The van der Waals surface area contributed by atoms with E-state index >= 15 is 0 Å². The highest BCUT2D eigenvalue weighted by Crippen LogP contribution is 2.31. The maximum atomic E-state index is 8.75. The number of rotatable bonds is 2. The Balaban J connectivity index is 2.30. The standard InChI is InChI=1S/C17H12N2/c18-12-6-10-15-14-9-4-5-11-16(14)19-17(15)13-7-2-1-3-8-13/h1-11,19H. The van der Waals surface area contributed by atoms with Gasteiger partial charge in [-0.3, -0.25) is 0 Å². The number of fused-ring (bicyclic) bond motifs is 1. The second kappa shape index (κ2) is 4.83. The lowest BCUT2D eigenvalue weighted by Gasteiger charge is -2.00. The van der Waals surface area contributed by atoms with Gasteiger partial charge in [-0.15, -0.1) is 0 Å². The highest BCUT2D eigenvalue weighted by atomic mass is 14.7. The number of aromatic nitrogens is 1. The molecule has 1 heterocycles. The molecule has 0 amide bonds. The molecule has 3 aromatic rings. The van der Waals surface area contributed by atoms with Crippen molar-refractivity contribution in [1.29, 1.82) is 5.26 Å². The molecule has 0 radical (unpaired) electrons. The van der Waals surface area contributed by atoms with Crippen molar-refractivity contribution in [2.75, 3.05) is 0 Å². The lowest BCUT2D eigenvalue weighted by atomic mass is 10.0. The van der Waals surface area contributed by atoms with Crippen LogP contribution in [-0.4, -0.2) is 4.98 Å². The largest absolute Gasteiger partial charge is 0.354 e. The number of nitriles is 1. The summed E-state index contributed by atoms with van der Waals surface area (Å²) in [5, 5.41) is 9.88. The molecule has 0 saturated carbocycles. The molecule has 0 aliphatic rings. The monoisotopic (exact) mass is 244 g/mol. The topological polar surface area (TPSA) is 39.6 Å². The van der Waals surface area contributed by atoms with Gasteiger partial charge in [-0.05, 0) is 17.7 Å². The number of aromatic amines is 1. The van der Waals surface area contributed by atoms with Gasteiger partial charge in [0.05, 0.1) is 11.8 Å². The number of nitrogens with one attached hydrogen (secondary N) is 1. The van der Waals surface area contributed by atoms with Gasteiger partial charge in [0.2, 0.25) is 0 Å². The summed E-state index contributed by atoms with van der Waals surface area (Å²) < 4.78 is 0. The minimum atomic E-state index is 1.05. The molecule has 90 valence electrons. The molecule has 0 aliphatic carbocycles. The van der Waals surface area contributed by atoms with Gasteiger partial charge < -0.3 is 4.98 Å². The van der Waals surface area contributed by atoms with Gasteiger partial charge in [0.1, 0.15) is 0 Å². The van der Waals surface area contributed by atoms with Crippen LogP contribution in [0, 0.1) is 11.3 Å². The van der Waals surface area contributed by atoms with Crippen LogP contribution >= 0.6 is 0 Å². The van der Waals surface area contributed by atoms with Crippen LogP contribution in [0.25, 0.3) is 28.2 Å². The van der Waals surface area contributed by atoms with E-state index in [0.29, 0.717) is 0 Å². The van der Waals surface area contributed by atoms with E-state index in [0.717, 1.165) is 27.7 Å². The Hall–Kier alpha value is -2.79. The molecular weight excluding hydrogens is 232 g/mol. The van der Waals surface area contributed by atoms with E-state index in [4.69, 9.17) is 5.26 Å².